The Morgan fingerprint density at radius 2 is 1.80 bits per heavy atom. The summed E-state index contributed by atoms with van der Waals surface area (Å²) in [6.45, 7) is 6.64. The Morgan fingerprint density at radius 1 is 1.20 bits per heavy atom. The molecule has 0 aromatic heterocycles. The van der Waals surface area contributed by atoms with Gasteiger partial charge >= 0.3 is 5.97 Å². The van der Waals surface area contributed by atoms with Crippen molar-refractivity contribution in [1.82, 2.24) is 5.32 Å². The molecular weight excluding hydrogens is 254 g/mol. The summed E-state index contributed by atoms with van der Waals surface area (Å²) in [5.41, 5.74) is -0.729. The molecule has 0 aromatic carbocycles. The van der Waals surface area contributed by atoms with E-state index in [1.165, 1.54) is 0 Å². The van der Waals surface area contributed by atoms with E-state index in [4.69, 9.17) is 0 Å². The lowest BCUT2D eigenvalue weighted by molar-refractivity contribution is -0.151. The van der Waals surface area contributed by atoms with Crippen LogP contribution in [0.5, 0.6) is 0 Å². The summed E-state index contributed by atoms with van der Waals surface area (Å²) in [5.74, 6) is 0.0983. The zero-order valence-corrected chi connectivity index (χ0v) is 13.1. The Balaban J connectivity index is 2.51. The van der Waals surface area contributed by atoms with Crippen LogP contribution in [0.4, 0.5) is 0 Å². The summed E-state index contributed by atoms with van der Waals surface area (Å²) < 4.78 is 0. The quantitative estimate of drug-likeness (QED) is 0.754. The molecule has 0 saturated heterocycles. The molecule has 1 rings (SSSR count). The van der Waals surface area contributed by atoms with E-state index in [-0.39, 0.29) is 12.5 Å². The predicted molar refractivity (Wildman–Crippen MR) is 79.4 cm³/mol. The SMILES string of the molecule is CCC(CC(=O)NCC1(C(=O)O)CCCCC1)C(C)C. The molecule has 4 heteroatoms. The van der Waals surface area contributed by atoms with E-state index in [0.717, 1.165) is 25.7 Å². The van der Waals surface area contributed by atoms with E-state index in [1.807, 2.05) is 0 Å². The van der Waals surface area contributed by atoms with Gasteiger partial charge in [0.05, 0.1) is 5.41 Å². The standard InChI is InChI=1S/C16H29NO3/c1-4-13(12(2)3)10-14(18)17-11-16(15(19)20)8-6-5-7-9-16/h12-13H,4-11H2,1-3H3,(H,17,18)(H,19,20). The Bertz CT molecular complexity index is 333. The topological polar surface area (TPSA) is 66.4 Å². The zero-order chi connectivity index (χ0) is 15.2. The summed E-state index contributed by atoms with van der Waals surface area (Å²) in [7, 11) is 0. The van der Waals surface area contributed by atoms with Crippen LogP contribution in [-0.2, 0) is 9.59 Å². The minimum atomic E-state index is -0.756. The van der Waals surface area contributed by atoms with Crippen LogP contribution in [0.2, 0.25) is 0 Å². The lowest BCUT2D eigenvalue weighted by Gasteiger charge is -2.33. The number of hydrogen-bond donors (Lipinski definition) is 2. The zero-order valence-electron chi connectivity index (χ0n) is 13.1. The molecule has 1 aliphatic rings. The summed E-state index contributed by atoms with van der Waals surface area (Å²) in [4.78, 5) is 23.5. The van der Waals surface area contributed by atoms with Crippen molar-refractivity contribution in [2.24, 2.45) is 17.3 Å². The fourth-order valence-corrected chi connectivity index (χ4v) is 3.12. The predicted octanol–water partition coefficient (Wildman–Crippen LogP) is 3.21. The van der Waals surface area contributed by atoms with E-state index in [1.54, 1.807) is 0 Å². The normalized spacial score (nSPS) is 19.6. The van der Waals surface area contributed by atoms with Gasteiger partial charge in [0.15, 0.2) is 0 Å². The van der Waals surface area contributed by atoms with E-state index in [2.05, 4.69) is 26.1 Å². The third-order valence-corrected chi connectivity index (χ3v) is 4.80. The first-order valence-electron chi connectivity index (χ1n) is 7.91. The van der Waals surface area contributed by atoms with Gasteiger partial charge in [-0.15, -0.1) is 0 Å². The summed E-state index contributed by atoms with van der Waals surface area (Å²) in [6, 6.07) is 0. The van der Waals surface area contributed by atoms with Crippen LogP contribution in [0.3, 0.4) is 0 Å². The second-order valence-electron chi connectivity index (χ2n) is 6.54. The van der Waals surface area contributed by atoms with Crippen LogP contribution in [0, 0.1) is 17.3 Å². The number of amides is 1. The van der Waals surface area contributed by atoms with Gasteiger partial charge in [-0.25, -0.2) is 0 Å². The molecule has 2 N–H and O–H groups in total. The number of carboxylic acid groups (broad SMARTS) is 1. The second kappa shape index (κ2) is 7.65. The lowest BCUT2D eigenvalue weighted by Crippen LogP contribution is -2.44. The molecule has 0 radical (unpaired) electrons. The highest BCUT2D eigenvalue weighted by molar-refractivity contribution is 5.79. The average Bonchev–Trinajstić information content (AvgIpc) is 2.43. The Morgan fingerprint density at radius 3 is 2.25 bits per heavy atom. The van der Waals surface area contributed by atoms with Gasteiger partial charge in [0.2, 0.25) is 5.91 Å². The fraction of sp³-hybridized carbons (Fsp3) is 0.875. The van der Waals surface area contributed by atoms with Crippen LogP contribution in [-0.4, -0.2) is 23.5 Å². The number of aliphatic carboxylic acids is 1. The van der Waals surface area contributed by atoms with Gasteiger partial charge in [-0.05, 0) is 24.7 Å². The maximum absolute atomic E-state index is 12.0. The first kappa shape index (κ1) is 17.0. The van der Waals surface area contributed by atoms with Gasteiger partial charge in [0.1, 0.15) is 0 Å². The summed E-state index contributed by atoms with van der Waals surface area (Å²) in [6.07, 6.45) is 5.86. The Kier molecular flexibility index (Phi) is 6.50. The van der Waals surface area contributed by atoms with Crippen molar-refractivity contribution in [1.29, 1.82) is 0 Å². The molecule has 116 valence electrons. The largest absolute Gasteiger partial charge is 0.481 e. The van der Waals surface area contributed by atoms with Gasteiger partial charge in [0.25, 0.3) is 0 Å². The third kappa shape index (κ3) is 4.50. The third-order valence-electron chi connectivity index (χ3n) is 4.80. The number of nitrogens with one attached hydrogen (secondary N) is 1. The van der Waals surface area contributed by atoms with Crippen LogP contribution in [0.25, 0.3) is 0 Å². The van der Waals surface area contributed by atoms with Crippen molar-refractivity contribution in [2.45, 2.75) is 65.7 Å². The smallest absolute Gasteiger partial charge is 0.311 e. The van der Waals surface area contributed by atoms with Crippen molar-refractivity contribution in [3.8, 4) is 0 Å². The molecule has 0 heterocycles. The molecule has 1 atom stereocenters. The molecular formula is C16H29NO3. The molecule has 1 amide bonds. The van der Waals surface area contributed by atoms with E-state index in [9.17, 15) is 14.7 Å². The van der Waals surface area contributed by atoms with Crippen LogP contribution in [0.15, 0.2) is 0 Å². The second-order valence-corrected chi connectivity index (χ2v) is 6.54. The molecule has 1 saturated carbocycles. The summed E-state index contributed by atoms with van der Waals surface area (Å²) >= 11 is 0. The van der Waals surface area contributed by atoms with E-state index >= 15 is 0 Å². The van der Waals surface area contributed by atoms with Crippen LogP contribution < -0.4 is 5.32 Å². The van der Waals surface area contributed by atoms with Crippen LogP contribution >= 0.6 is 0 Å². The fourth-order valence-electron chi connectivity index (χ4n) is 3.12. The average molecular weight is 283 g/mol. The van der Waals surface area contributed by atoms with Crippen molar-refractivity contribution in [3.05, 3.63) is 0 Å². The molecule has 20 heavy (non-hydrogen) atoms. The Hall–Kier alpha value is -1.06. The van der Waals surface area contributed by atoms with Gasteiger partial charge < -0.3 is 10.4 Å². The van der Waals surface area contributed by atoms with Crippen LogP contribution in [0.1, 0.15) is 65.7 Å². The monoisotopic (exact) mass is 283 g/mol. The molecule has 1 unspecified atom stereocenters. The molecule has 0 bridgehead atoms. The van der Waals surface area contributed by atoms with Gasteiger partial charge in [0, 0.05) is 13.0 Å². The molecule has 0 spiro atoms. The highest BCUT2D eigenvalue weighted by atomic mass is 16.4. The van der Waals surface area contributed by atoms with Crippen molar-refractivity contribution in [3.63, 3.8) is 0 Å². The molecule has 0 aliphatic heterocycles. The number of carboxylic acids is 1. The minimum Gasteiger partial charge on any atom is -0.481 e. The molecule has 1 fully saturated rings. The maximum atomic E-state index is 12.0. The molecule has 0 aromatic rings. The lowest BCUT2D eigenvalue weighted by atomic mass is 9.74. The maximum Gasteiger partial charge on any atom is 0.311 e. The highest BCUT2D eigenvalue weighted by Crippen LogP contribution is 2.36. The number of rotatable bonds is 7. The van der Waals surface area contributed by atoms with Gasteiger partial charge in [-0.3, -0.25) is 9.59 Å². The Labute approximate surface area is 122 Å². The van der Waals surface area contributed by atoms with Gasteiger partial charge in [-0.1, -0.05) is 46.5 Å². The van der Waals surface area contributed by atoms with E-state index in [0.29, 0.717) is 31.1 Å². The number of carbonyl (C=O) groups is 2. The van der Waals surface area contributed by atoms with Crippen molar-refractivity contribution in [2.75, 3.05) is 6.54 Å². The first-order valence-corrected chi connectivity index (χ1v) is 7.91. The first-order chi connectivity index (χ1) is 9.41. The number of carbonyl (C=O) groups excluding carboxylic acids is 1. The highest BCUT2D eigenvalue weighted by Gasteiger charge is 2.39. The van der Waals surface area contributed by atoms with Gasteiger partial charge in [-0.2, -0.15) is 0 Å². The summed E-state index contributed by atoms with van der Waals surface area (Å²) in [5, 5.41) is 12.3. The van der Waals surface area contributed by atoms with Crippen molar-refractivity contribution < 1.29 is 14.7 Å². The molecule has 4 nitrogen and oxygen atoms in total. The number of hydrogen-bond acceptors (Lipinski definition) is 2. The van der Waals surface area contributed by atoms with Crippen molar-refractivity contribution >= 4 is 11.9 Å². The molecule has 1 aliphatic carbocycles. The minimum absolute atomic E-state index is 0.00301. The van der Waals surface area contributed by atoms with E-state index < -0.39 is 11.4 Å².